The summed E-state index contributed by atoms with van der Waals surface area (Å²) in [6.45, 7) is -0.0686. The second kappa shape index (κ2) is 8.84. The second-order valence-electron chi connectivity index (χ2n) is 6.64. The van der Waals surface area contributed by atoms with E-state index < -0.39 is 23.4 Å². The fourth-order valence-electron chi connectivity index (χ4n) is 3.24. The number of hydrogen-bond acceptors (Lipinski definition) is 3. The van der Waals surface area contributed by atoms with E-state index in [1.165, 1.54) is 12.1 Å². The zero-order valence-corrected chi connectivity index (χ0v) is 14.9. The van der Waals surface area contributed by atoms with Crippen molar-refractivity contribution in [1.82, 2.24) is 0 Å². The lowest BCUT2D eigenvalue weighted by Gasteiger charge is -2.17. The maximum atomic E-state index is 14.4. The Morgan fingerprint density at radius 3 is 2.44 bits per heavy atom. The topological polar surface area (TPSA) is 55.8 Å². The molecule has 1 N–H and O–H groups in total. The largest absolute Gasteiger partial charge is 0.490 e. The van der Waals surface area contributed by atoms with Crippen molar-refractivity contribution in [2.75, 3.05) is 6.61 Å². The fourth-order valence-corrected chi connectivity index (χ4v) is 3.24. The molecule has 0 aliphatic heterocycles. The first-order valence-electron chi connectivity index (χ1n) is 9.14. The van der Waals surface area contributed by atoms with Gasteiger partial charge in [-0.15, -0.1) is 0 Å². The van der Waals surface area contributed by atoms with Crippen molar-refractivity contribution in [3.05, 3.63) is 48.0 Å². The Morgan fingerprint density at radius 2 is 1.78 bits per heavy atom. The Morgan fingerprint density at radius 1 is 1.11 bits per heavy atom. The highest BCUT2D eigenvalue weighted by molar-refractivity contribution is 5.71. The van der Waals surface area contributed by atoms with Crippen molar-refractivity contribution in [2.45, 2.75) is 44.6 Å². The first-order valence-corrected chi connectivity index (χ1v) is 9.14. The molecule has 1 aliphatic rings. The molecule has 2 aromatic carbocycles. The van der Waals surface area contributed by atoms with Crippen LogP contribution >= 0.6 is 0 Å². The smallest absolute Gasteiger partial charge is 0.303 e. The molecular weight excluding hydrogens is 354 g/mol. The molecule has 6 heteroatoms. The summed E-state index contributed by atoms with van der Waals surface area (Å²) < 4.78 is 39.9. The second-order valence-corrected chi connectivity index (χ2v) is 6.64. The minimum absolute atomic E-state index is 0.0686. The maximum absolute atomic E-state index is 14.4. The van der Waals surface area contributed by atoms with Gasteiger partial charge in [-0.2, -0.15) is 0 Å². The van der Waals surface area contributed by atoms with Crippen LogP contribution in [-0.2, 0) is 4.79 Å². The molecule has 0 atom stereocenters. The Bertz CT molecular complexity index is 778. The molecule has 2 aromatic rings. The van der Waals surface area contributed by atoms with Crippen LogP contribution < -0.4 is 9.47 Å². The van der Waals surface area contributed by atoms with Gasteiger partial charge in [-0.25, -0.2) is 8.78 Å². The summed E-state index contributed by atoms with van der Waals surface area (Å²) in [7, 11) is 0. The van der Waals surface area contributed by atoms with Gasteiger partial charge in [-0.3, -0.25) is 4.79 Å². The van der Waals surface area contributed by atoms with E-state index in [1.54, 1.807) is 18.2 Å². The van der Waals surface area contributed by atoms with Crippen LogP contribution in [0, 0.1) is 11.6 Å². The van der Waals surface area contributed by atoms with E-state index in [-0.39, 0.29) is 25.6 Å². The number of carbonyl (C=O) groups is 1. The molecule has 3 rings (SSSR count). The third-order valence-corrected chi connectivity index (χ3v) is 4.57. The predicted molar refractivity (Wildman–Crippen MR) is 97.0 cm³/mol. The third kappa shape index (κ3) is 4.96. The van der Waals surface area contributed by atoms with Crippen molar-refractivity contribution in [3.63, 3.8) is 0 Å². The number of ether oxygens (including phenoxy) is 2. The summed E-state index contributed by atoms with van der Waals surface area (Å²) in [5, 5.41) is 8.59. The molecule has 1 fully saturated rings. The predicted octanol–water partition coefficient (Wildman–Crippen LogP) is 5.20. The average Bonchev–Trinajstić information content (AvgIpc) is 3.13. The normalized spacial score (nSPS) is 14.3. The number of rotatable bonds is 8. The first-order chi connectivity index (χ1) is 13.0. The zero-order valence-electron chi connectivity index (χ0n) is 14.9. The molecule has 0 saturated heterocycles. The molecule has 144 valence electrons. The quantitative estimate of drug-likeness (QED) is 0.644. The molecule has 1 aliphatic carbocycles. The van der Waals surface area contributed by atoms with E-state index in [0.29, 0.717) is 16.9 Å². The van der Waals surface area contributed by atoms with Crippen molar-refractivity contribution >= 4 is 5.97 Å². The molecule has 0 aromatic heterocycles. The van der Waals surface area contributed by atoms with Crippen LogP contribution in [0.5, 0.6) is 11.5 Å². The van der Waals surface area contributed by atoms with Gasteiger partial charge in [0.2, 0.25) is 0 Å². The molecule has 0 unspecified atom stereocenters. The number of carboxylic acids is 1. The maximum Gasteiger partial charge on any atom is 0.303 e. The minimum Gasteiger partial charge on any atom is -0.490 e. The Kier molecular flexibility index (Phi) is 6.27. The van der Waals surface area contributed by atoms with Crippen LogP contribution in [0.2, 0.25) is 0 Å². The molecule has 0 amide bonds. The van der Waals surface area contributed by atoms with Gasteiger partial charge >= 0.3 is 5.97 Å². The molecule has 27 heavy (non-hydrogen) atoms. The van der Waals surface area contributed by atoms with Crippen LogP contribution in [0.15, 0.2) is 36.4 Å². The zero-order chi connectivity index (χ0) is 19.2. The van der Waals surface area contributed by atoms with E-state index in [4.69, 9.17) is 14.6 Å². The Hall–Kier alpha value is -2.63. The van der Waals surface area contributed by atoms with Crippen molar-refractivity contribution in [2.24, 2.45) is 0 Å². The number of para-hydroxylation sites is 1. The van der Waals surface area contributed by atoms with Gasteiger partial charge in [-0.05, 0) is 55.9 Å². The van der Waals surface area contributed by atoms with E-state index in [1.807, 2.05) is 6.07 Å². The SMILES string of the molecule is O=C(O)CCCOc1c(F)cc(-c2ccccc2OC2CCCC2)cc1F. The lowest BCUT2D eigenvalue weighted by molar-refractivity contribution is -0.137. The number of halogens is 2. The summed E-state index contributed by atoms with van der Waals surface area (Å²) in [5.74, 6) is -2.50. The average molecular weight is 376 g/mol. The summed E-state index contributed by atoms with van der Waals surface area (Å²) in [6.07, 6.45) is 4.42. The summed E-state index contributed by atoms with van der Waals surface area (Å²) in [5.41, 5.74) is 0.996. The van der Waals surface area contributed by atoms with E-state index in [0.717, 1.165) is 25.7 Å². The highest BCUT2D eigenvalue weighted by Crippen LogP contribution is 2.36. The first kappa shape index (κ1) is 19.1. The highest BCUT2D eigenvalue weighted by atomic mass is 19.1. The Balaban J connectivity index is 1.78. The van der Waals surface area contributed by atoms with Gasteiger partial charge < -0.3 is 14.6 Å². The van der Waals surface area contributed by atoms with Crippen molar-refractivity contribution < 1.29 is 28.2 Å². The van der Waals surface area contributed by atoms with Gasteiger partial charge in [0.05, 0.1) is 12.7 Å². The van der Waals surface area contributed by atoms with Gasteiger partial charge in [0.1, 0.15) is 5.75 Å². The highest BCUT2D eigenvalue weighted by Gasteiger charge is 2.20. The van der Waals surface area contributed by atoms with E-state index in [2.05, 4.69) is 0 Å². The van der Waals surface area contributed by atoms with Crippen LogP contribution in [0.3, 0.4) is 0 Å². The minimum atomic E-state index is -0.978. The molecule has 0 bridgehead atoms. The lowest BCUT2D eigenvalue weighted by atomic mass is 10.0. The lowest BCUT2D eigenvalue weighted by Crippen LogP contribution is -2.11. The number of carboxylic acid groups (broad SMARTS) is 1. The molecule has 0 radical (unpaired) electrons. The number of aliphatic carboxylic acids is 1. The van der Waals surface area contributed by atoms with E-state index in [9.17, 15) is 13.6 Å². The fraction of sp³-hybridized carbons (Fsp3) is 0.381. The van der Waals surface area contributed by atoms with Crippen molar-refractivity contribution in [1.29, 1.82) is 0 Å². The van der Waals surface area contributed by atoms with Crippen LogP contribution in [0.4, 0.5) is 8.78 Å². The third-order valence-electron chi connectivity index (χ3n) is 4.57. The monoisotopic (exact) mass is 376 g/mol. The van der Waals surface area contributed by atoms with Gasteiger partial charge in [0.25, 0.3) is 0 Å². The summed E-state index contributed by atoms with van der Waals surface area (Å²) in [4.78, 5) is 10.5. The summed E-state index contributed by atoms with van der Waals surface area (Å²) >= 11 is 0. The van der Waals surface area contributed by atoms with Gasteiger partial charge in [0, 0.05) is 12.0 Å². The molecule has 4 nitrogen and oxygen atoms in total. The summed E-state index contributed by atoms with van der Waals surface area (Å²) in [6, 6.07) is 9.63. The molecule has 1 saturated carbocycles. The molecule has 0 heterocycles. The Labute approximate surface area is 156 Å². The standard InChI is InChI=1S/C21H22F2O4/c22-17-12-14(13-18(23)21(17)26-11-5-10-20(24)25)16-8-3-4-9-19(16)27-15-6-1-2-7-15/h3-4,8-9,12-13,15H,1-2,5-7,10-11H2,(H,24,25). The molecular formula is C21H22F2O4. The number of hydrogen-bond donors (Lipinski definition) is 1. The number of benzene rings is 2. The van der Waals surface area contributed by atoms with Crippen molar-refractivity contribution in [3.8, 4) is 22.6 Å². The van der Waals surface area contributed by atoms with Gasteiger partial charge in [0.15, 0.2) is 17.4 Å². The van der Waals surface area contributed by atoms with Crippen LogP contribution in [-0.4, -0.2) is 23.8 Å². The molecule has 0 spiro atoms. The van der Waals surface area contributed by atoms with Crippen LogP contribution in [0.1, 0.15) is 38.5 Å². The van der Waals surface area contributed by atoms with E-state index >= 15 is 0 Å². The van der Waals surface area contributed by atoms with Gasteiger partial charge in [-0.1, -0.05) is 18.2 Å². The van der Waals surface area contributed by atoms with Crippen LogP contribution in [0.25, 0.3) is 11.1 Å².